The molecule has 0 aliphatic carbocycles. The summed E-state index contributed by atoms with van der Waals surface area (Å²) in [6.07, 6.45) is 1.00. The Balaban J connectivity index is 1.45. The molecule has 0 bridgehead atoms. The molecule has 0 atom stereocenters. The third-order valence-electron chi connectivity index (χ3n) is 6.20. The van der Waals surface area contributed by atoms with Gasteiger partial charge in [0, 0.05) is 49.2 Å². The van der Waals surface area contributed by atoms with Crippen molar-refractivity contribution in [2.75, 3.05) is 47.9 Å². The maximum Gasteiger partial charge on any atom is 0.227 e. The number of nitrogens with one attached hydrogen (secondary N) is 2. The minimum absolute atomic E-state index is 0.0126. The highest BCUT2D eigenvalue weighted by molar-refractivity contribution is 5.75. The van der Waals surface area contributed by atoms with Gasteiger partial charge in [-0.2, -0.15) is 0 Å². The average molecular weight is 497 g/mol. The topological polar surface area (TPSA) is 65.5 Å². The van der Waals surface area contributed by atoms with Gasteiger partial charge in [0.1, 0.15) is 18.1 Å². The van der Waals surface area contributed by atoms with E-state index in [1.807, 2.05) is 23.6 Å². The van der Waals surface area contributed by atoms with Gasteiger partial charge in [0.05, 0.1) is 17.6 Å². The highest BCUT2D eigenvalue weighted by Gasteiger charge is 2.28. The summed E-state index contributed by atoms with van der Waals surface area (Å²) in [4.78, 5) is 12.1. The molecule has 2 aromatic carbocycles. The molecule has 0 unspecified atom stereocenters. The van der Waals surface area contributed by atoms with Crippen LogP contribution in [-0.4, -0.2) is 48.8 Å². The number of benzene rings is 2. The molecule has 2 aliphatic heterocycles. The number of nitrogens with zero attached hydrogens (tertiary/aromatic N) is 4. The van der Waals surface area contributed by atoms with E-state index in [0.29, 0.717) is 22.8 Å². The van der Waals surface area contributed by atoms with E-state index in [-0.39, 0.29) is 41.4 Å². The van der Waals surface area contributed by atoms with Gasteiger partial charge >= 0.3 is 0 Å². The molecule has 188 valence electrons. The largest absolute Gasteiger partial charge is 0.482 e. The Morgan fingerprint density at radius 1 is 1.03 bits per heavy atom. The summed E-state index contributed by atoms with van der Waals surface area (Å²) in [7, 11) is 0. The molecule has 0 spiro atoms. The molecule has 10 heteroatoms. The standard InChI is InChI=1S/C26H27F3N6O/c1-15(2)35-16(3)14-36-25-20(28)10-17(11-23(25)35)24-21(29)13-31-26(33-24)32-18-4-5-22(19(27)12-18)34-8-6-30-7-9-34/h4-5,10-13,15,30H,3,6-9,14H2,1-2H3,(H,31,32,33). The van der Waals surface area contributed by atoms with Crippen molar-refractivity contribution in [1.29, 1.82) is 0 Å². The number of aromatic nitrogens is 2. The summed E-state index contributed by atoms with van der Waals surface area (Å²) < 4.78 is 50.1. The lowest BCUT2D eigenvalue weighted by atomic mass is 10.1. The molecule has 1 fully saturated rings. The van der Waals surface area contributed by atoms with E-state index < -0.39 is 11.6 Å². The fourth-order valence-corrected chi connectivity index (χ4v) is 4.58. The van der Waals surface area contributed by atoms with Gasteiger partial charge in [-0.1, -0.05) is 6.58 Å². The summed E-state index contributed by atoms with van der Waals surface area (Å²) >= 11 is 0. The molecule has 36 heavy (non-hydrogen) atoms. The smallest absolute Gasteiger partial charge is 0.227 e. The number of piperazine rings is 1. The minimum atomic E-state index is -0.716. The molecule has 1 aromatic heterocycles. The molecule has 5 rings (SSSR count). The summed E-state index contributed by atoms with van der Waals surface area (Å²) in [5.41, 5.74) is 2.19. The Labute approximate surface area is 207 Å². The lowest BCUT2D eigenvalue weighted by Crippen LogP contribution is -2.43. The van der Waals surface area contributed by atoms with Crippen molar-refractivity contribution in [3.8, 4) is 17.0 Å². The lowest BCUT2D eigenvalue weighted by Gasteiger charge is -2.36. The van der Waals surface area contributed by atoms with Crippen LogP contribution in [0.3, 0.4) is 0 Å². The zero-order chi connectivity index (χ0) is 25.4. The molecule has 3 heterocycles. The highest BCUT2D eigenvalue weighted by Crippen LogP contribution is 2.41. The summed E-state index contributed by atoms with van der Waals surface area (Å²) in [6, 6.07) is 7.56. The molecule has 3 aromatic rings. The van der Waals surface area contributed by atoms with E-state index in [2.05, 4.69) is 27.2 Å². The normalized spacial score (nSPS) is 15.7. The van der Waals surface area contributed by atoms with Crippen molar-refractivity contribution >= 4 is 23.0 Å². The fraction of sp³-hybridized carbons (Fsp3) is 0.308. The van der Waals surface area contributed by atoms with Crippen molar-refractivity contribution in [2.45, 2.75) is 19.9 Å². The first kappa shape index (κ1) is 23.9. The van der Waals surface area contributed by atoms with Gasteiger partial charge < -0.3 is 25.2 Å². The van der Waals surface area contributed by atoms with E-state index in [1.54, 1.807) is 18.2 Å². The molecule has 2 N–H and O–H groups in total. The number of fused-ring (bicyclic) bond motifs is 1. The lowest BCUT2D eigenvalue weighted by molar-refractivity contribution is 0.314. The molecule has 0 saturated carbocycles. The van der Waals surface area contributed by atoms with Crippen LogP contribution in [0, 0.1) is 17.5 Å². The molecular formula is C26H27F3N6O. The number of hydrogen-bond acceptors (Lipinski definition) is 7. The van der Waals surface area contributed by atoms with Crippen LogP contribution in [0.15, 0.2) is 48.8 Å². The molecule has 0 amide bonds. The van der Waals surface area contributed by atoms with Gasteiger partial charge in [-0.3, -0.25) is 0 Å². The van der Waals surface area contributed by atoms with Crippen LogP contribution >= 0.6 is 0 Å². The van der Waals surface area contributed by atoms with Crippen LogP contribution in [-0.2, 0) is 0 Å². The van der Waals surface area contributed by atoms with Gasteiger partial charge in [0.25, 0.3) is 0 Å². The first-order valence-electron chi connectivity index (χ1n) is 11.8. The van der Waals surface area contributed by atoms with E-state index in [9.17, 15) is 13.2 Å². The zero-order valence-corrected chi connectivity index (χ0v) is 20.1. The van der Waals surface area contributed by atoms with Crippen LogP contribution in [0.4, 0.5) is 36.2 Å². The van der Waals surface area contributed by atoms with Crippen LogP contribution < -0.4 is 25.2 Å². The van der Waals surface area contributed by atoms with Gasteiger partial charge in [-0.15, -0.1) is 0 Å². The van der Waals surface area contributed by atoms with Crippen LogP contribution in [0.25, 0.3) is 11.3 Å². The summed E-state index contributed by atoms with van der Waals surface area (Å²) in [5.74, 6) is -1.58. The Hall–Kier alpha value is -3.79. The summed E-state index contributed by atoms with van der Waals surface area (Å²) in [5, 5.41) is 6.16. The monoisotopic (exact) mass is 496 g/mol. The number of ether oxygens (including phenoxy) is 1. The Morgan fingerprint density at radius 3 is 2.53 bits per heavy atom. The Morgan fingerprint density at radius 2 is 1.81 bits per heavy atom. The SMILES string of the molecule is C=C1COc2c(F)cc(-c3nc(Nc4ccc(N5CCNCC5)c(F)c4)ncc3F)cc2N1C(C)C. The first-order valence-corrected chi connectivity index (χ1v) is 11.8. The second kappa shape index (κ2) is 9.69. The predicted octanol–water partition coefficient (Wildman–Crippen LogP) is 4.84. The van der Waals surface area contributed by atoms with Crippen molar-refractivity contribution in [3.05, 3.63) is 66.3 Å². The van der Waals surface area contributed by atoms with Crippen molar-refractivity contribution < 1.29 is 17.9 Å². The van der Waals surface area contributed by atoms with Crippen LogP contribution in [0.2, 0.25) is 0 Å². The van der Waals surface area contributed by atoms with Crippen molar-refractivity contribution in [1.82, 2.24) is 15.3 Å². The van der Waals surface area contributed by atoms with Crippen LogP contribution in [0.5, 0.6) is 5.75 Å². The number of rotatable bonds is 5. The van der Waals surface area contributed by atoms with Gasteiger partial charge in [0.2, 0.25) is 5.95 Å². The number of halogens is 3. The number of anilines is 4. The molecule has 1 saturated heterocycles. The third-order valence-corrected chi connectivity index (χ3v) is 6.20. The Bertz CT molecular complexity index is 1310. The fourth-order valence-electron chi connectivity index (χ4n) is 4.58. The van der Waals surface area contributed by atoms with E-state index >= 15 is 0 Å². The second-order valence-corrected chi connectivity index (χ2v) is 9.04. The maximum atomic E-state index is 15.0. The van der Waals surface area contributed by atoms with E-state index in [4.69, 9.17) is 4.74 Å². The van der Waals surface area contributed by atoms with Gasteiger partial charge in [0.15, 0.2) is 17.4 Å². The molecular weight excluding hydrogens is 469 g/mol. The van der Waals surface area contributed by atoms with Crippen molar-refractivity contribution in [2.24, 2.45) is 0 Å². The Kier molecular flexibility index (Phi) is 6.44. The van der Waals surface area contributed by atoms with E-state index in [1.165, 1.54) is 12.1 Å². The van der Waals surface area contributed by atoms with E-state index in [0.717, 1.165) is 32.4 Å². The predicted molar refractivity (Wildman–Crippen MR) is 134 cm³/mol. The molecule has 2 aliphatic rings. The minimum Gasteiger partial charge on any atom is -0.482 e. The van der Waals surface area contributed by atoms with Gasteiger partial charge in [-0.05, 0) is 44.2 Å². The first-order chi connectivity index (χ1) is 17.3. The maximum absolute atomic E-state index is 15.0. The summed E-state index contributed by atoms with van der Waals surface area (Å²) in [6.45, 7) is 11.1. The molecule has 7 nitrogen and oxygen atoms in total. The third kappa shape index (κ3) is 4.56. The quantitative estimate of drug-likeness (QED) is 0.524. The van der Waals surface area contributed by atoms with Crippen LogP contribution in [0.1, 0.15) is 13.8 Å². The van der Waals surface area contributed by atoms with Gasteiger partial charge in [-0.25, -0.2) is 23.1 Å². The zero-order valence-electron chi connectivity index (χ0n) is 20.1. The van der Waals surface area contributed by atoms with Crippen molar-refractivity contribution in [3.63, 3.8) is 0 Å². The second-order valence-electron chi connectivity index (χ2n) is 9.04. The highest BCUT2D eigenvalue weighted by atomic mass is 19.1. The number of hydrogen-bond donors (Lipinski definition) is 2. The molecule has 0 radical (unpaired) electrons. The average Bonchev–Trinajstić information content (AvgIpc) is 2.85.